The summed E-state index contributed by atoms with van der Waals surface area (Å²) >= 11 is 0. The number of nitrogens with one attached hydrogen (secondary N) is 1. The van der Waals surface area contributed by atoms with Crippen LogP contribution >= 0.6 is 0 Å². The standard InChI is InChI=1S/C10H23N3O3/c1-3-8(5-9(11)13-16)12-10(4-2,6-14)7-15/h8,12,14-16H,3-7H2,1-2H3,(H2,11,13). The lowest BCUT2D eigenvalue weighted by Gasteiger charge is -2.34. The van der Waals surface area contributed by atoms with Crippen LogP contribution < -0.4 is 11.1 Å². The SMILES string of the molecule is CCC(CC(N)=NO)NC(CC)(CO)CO. The maximum atomic E-state index is 9.28. The molecule has 0 heterocycles. The molecule has 16 heavy (non-hydrogen) atoms. The molecule has 1 atom stereocenters. The molecule has 0 aliphatic rings. The predicted octanol–water partition coefficient (Wildman–Crippen LogP) is -0.375. The van der Waals surface area contributed by atoms with E-state index in [1.54, 1.807) is 0 Å². The Morgan fingerprint density at radius 3 is 2.25 bits per heavy atom. The second-order valence-electron chi connectivity index (χ2n) is 4.00. The van der Waals surface area contributed by atoms with Crippen molar-refractivity contribution in [1.82, 2.24) is 5.32 Å². The van der Waals surface area contributed by atoms with Crippen LogP contribution in [0.2, 0.25) is 0 Å². The maximum Gasteiger partial charge on any atom is 0.140 e. The average Bonchev–Trinajstić information content (AvgIpc) is 2.34. The molecule has 0 aliphatic carbocycles. The molecule has 0 aromatic carbocycles. The minimum Gasteiger partial charge on any atom is -0.409 e. The van der Waals surface area contributed by atoms with Crippen molar-refractivity contribution in [2.24, 2.45) is 10.9 Å². The van der Waals surface area contributed by atoms with Gasteiger partial charge in [-0.25, -0.2) is 0 Å². The van der Waals surface area contributed by atoms with Crippen molar-refractivity contribution in [3.8, 4) is 0 Å². The van der Waals surface area contributed by atoms with Gasteiger partial charge < -0.3 is 26.5 Å². The highest BCUT2D eigenvalue weighted by Gasteiger charge is 2.29. The summed E-state index contributed by atoms with van der Waals surface area (Å²) in [6.07, 6.45) is 1.75. The Morgan fingerprint density at radius 1 is 1.38 bits per heavy atom. The van der Waals surface area contributed by atoms with Gasteiger partial charge in [-0.05, 0) is 12.8 Å². The van der Waals surface area contributed by atoms with Crippen LogP contribution in [0.5, 0.6) is 0 Å². The van der Waals surface area contributed by atoms with Gasteiger partial charge in [0, 0.05) is 12.5 Å². The Balaban J connectivity index is 4.49. The Kier molecular flexibility index (Phi) is 7.03. The molecule has 0 amide bonds. The molecule has 0 bridgehead atoms. The summed E-state index contributed by atoms with van der Waals surface area (Å²) in [7, 11) is 0. The lowest BCUT2D eigenvalue weighted by molar-refractivity contribution is 0.0775. The predicted molar refractivity (Wildman–Crippen MR) is 62.4 cm³/mol. The molecule has 0 aliphatic heterocycles. The van der Waals surface area contributed by atoms with E-state index < -0.39 is 5.54 Å². The normalized spacial score (nSPS) is 15.1. The molecule has 0 saturated carbocycles. The molecule has 6 nitrogen and oxygen atoms in total. The first-order valence-electron chi connectivity index (χ1n) is 5.53. The van der Waals surface area contributed by atoms with E-state index in [0.29, 0.717) is 12.8 Å². The number of aliphatic hydroxyl groups excluding tert-OH is 2. The quantitative estimate of drug-likeness (QED) is 0.170. The number of nitrogens with zero attached hydrogens (tertiary/aromatic N) is 1. The summed E-state index contributed by atoms with van der Waals surface area (Å²) in [5.41, 5.74) is 4.73. The van der Waals surface area contributed by atoms with Gasteiger partial charge in [-0.3, -0.25) is 0 Å². The van der Waals surface area contributed by atoms with Crippen LogP contribution in [-0.4, -0.2) is 46.1 Å². The molecule has 6 heteroatoms. The number of aliphatic hydroxyl groups is 2. The lowest BCUT2D eigenvalue weighted by atomic mass is 9.95. The molecule has 1 unspecified atom stereocenters. The molecule has 0 saturated heterocycles. The topological polar surface area (TPSA) is 111 Å². The third-order valence-corrected chi connectivity index (χ3v) is 2.87. The fourth-order valence-corrected chi connectivity index (χ4v) is 1.49. The maximum absolute atomic E-state index is 9.28. The van der Waals surface area contributed by atoms with Crippen LogP contribution in [0, 0.1) is 0 Å². The zero-order valence-electron chi connectivity index (χ0n) is 9.98. The minimum absolute atomic E-state index is 0.0323. The first-order valence-corrected chi connectivity index (χ1v) is 5.53. The number of oxime groups is 1. The Morgan fingerprint density at radius 2 is 1.94 bits per heavy atom. The second-order valence-corrected chi connectivity index (χ2v) is 4.00. The van der Waals surface area contributed by atoms with Gasteiger partial charge in [-0.2, -0.15) is 0 Å². The first-order chi connectivity index (χ1) is 7.57. The van der Waals surface area contributed by atoms with Crippen LogP contribution in [0.25, 0.3) is 0 Å². The fourth-order valence-electron chi connectivity index (χ4n) is 1.49. The molecule has 0 aromatic rings. The molecular weight excluding hydrogens is 210 g/mol. The molecular formula is C10H23N3O3. The van der Waals surface area contributed by atoms with Crippen molar-refractivity contribution in [1.29, 1.82) is 0 Å². The van der Waals surface area contributed by atoms with Crippen molar-refractivity contribution in [3.63, 3.8) is 0 Å². The molecule has 0 fully saturated rings. The smallest absolute Gasteiger partial charge is 0.140 e. The van der Waals surface area contributed by atoms with Gasteiger partial charge in [-0.1, -0.05) is 19.0 Å². The van der Waals surface area contributed by atoms with Crippen molar-refractivity contribution in [2.75, 3.05) is 13.2 Å². The van der Waals surface area contributed by atoms with Crippen LogP contribution in [0.3, 0.4) is 0 Å². The van der Waals surface area contributed by atoms with E-state index >= 15 is 0 Å². The van der Waals surface area contributed by atoms with Crippen LogP contribution in [-0.2, 0) is 0 Å². The number of nitrogens with two attached hydrogens (primary N) is 1. The Bertz CT molecular complexity index is 209. The van der Waals surface area contributed by atoms with Gasteiger partial charge in [-0.15, -0.1) is 0 Å². The van der Waals surface area contributed by atoms with Crippen LogP contribution in [0.1, 0.15) is 33.1 Å². The first kappa shape index (κ1) is 15.2. The van der Waals surface area contributed by atoms with Gasteiger partial charge in [0.1, 0.15) is 5.84 Å². The van der Waals surface area contributed by atoms with E-state index in [0.717, 1.165) is 6.42 Å². The lowest BCUT2D eigenvalue weighted by Crippen LogP contribution is -2.55. The third kappa shape index (κ3) is 4.34. The summed E-state index contributed by atoms with van der Waals surface area (Å²) in [5, 5.41) is 33.1. The van der Waals surface area contributed by atoms with Crippen molar-refractivity contribution in [2.45, 2.75) is 44.7 Å². The molecule has 6 N–H and O–H groups in total. The van der Waals surface area contributed by atoms with Gasteiger partial charge in [0.05, 0.1) is 18.8 Å². The van der Waals surface area contributed by atoms with E-state index in [1.807, 2.05) is 13.8 Å². The summed E-state index contributed by atoms with van der Waals surface area (Å²) < 4.78 is 0. The summed E-state index contributed by atoms with van der Waals surface area (Å²) in [4.78, 5) is 0. The van der Waals surface area contributed by atoms with E-state index in [2.05, 4.69) is 10.5 Å². The summed E-state index contributed by atoms with van der Waals surface area (Å²) in [6, 6.07) is -0.0323. The molecule has 0 spiro atoms. The Labute approximate surface area is 96.1 Å². The van der Waals surface area contributed by atoms with E-state index in [1.165, 1.54) is 0 Å². The van der Waals surface area contributed by atoms with E-state index in [-0.39, 0.29) is 25.1 Å². The fraction of sp³-hybridized carbons (Fsp3) is 0.900. The van der Waals surface area contributed by atoms with Crippen molar-refractivity contribution < 1.29 is 15.4 Å². The number of rotatable bonds is 8. The van der Waals surface area contributed by atoms with Crippen molar-refractivity contribution >= 4 is 5.84 Å². The largest absolute Gasteiger partial charge is 0.409 e. The molecule has 0 radical (unpaired) electrons. The highest BCUT2D eigenvalue weighted by Crippen LogP contribution is 2.12. The van der Waals surface area contributed by atoms with Gasteiger partial charge in [0.25, 0.3) is 0 Å². The highest BCUT2D eigenvalue weighted by molar-refractivity contribution is 5.80. The number of amidine groups is 1. The molecule has 96 valence electrons. The average molecular weight is 233 g/mol. The van der Waals surface area contributed by atoms with Crippen LogP contribution in [0.4, 0.5) is 0 Å². The third-order valence-electron chi connectivity index (χ3n) is 2.87. The Hall–Kier alpha value is -0.850. The van der Waals surface area contributed by atoms with Gasteiger partial charge in [0.15, 0.2) is 0 Å². The van der Waals surface area contributed by atoms with Crippen molar-refractivity contribution in [3.05, 3.63) is 0 Å². The number of hydrogen-bond acceptors (Lipinski definition) is 5. The summed E-state index contributed by atoms with van der Waals surface area (Å²) in [5.74, 6) is 0.139. The number of hydrogen-bond donors (Lipinski definition) is 5. The van der Waals surface area contributed by atoms with E-state index in [4.69, 9.17) is 10.9 Å². The molecule has 0 aromatic heterocycles. The van der Waals surface area contributed by atoms with E-state index in [9.17, 15) is 10.2 Å². The highest BCUT2D eigenvalue weighted by atomic mass is 16.4. The van der Waals surface area contributed by atoms with Gasteiger partial charge >= 0.3 is 0 Å². The van der Waals surface area contributed by atoms with Gasteiger partial charge in [0.2, 0.25) is 0 Å². The second kappa shape index (κ2) is 7.43. The zero-order valence-corrected chi connectivity index (χ0v) is 9.98. The monoisotopic (exact) mass is 233 g/mol. The minimum atomic E-state index is -0.698. The molecule has 0 rings (SSSR count). The summed E-state index contributed by atoms with van der Waals surface area (Å²) in [6.45, 7) is 3.55. The zero-order chi connectivity index (χ0) is 12.6. The van der Waals surface area contributed by atoms with Crippen LogP contribution in [0.15, 0.2) is 5.16 Å².